The smallest absolute Gasteiger partial charge is 0.100 e. The summed E-state index contributed by atoms with van der Waals surface area (Å²) in [6.07, 6.45) is 1.19. The van der Waals surface area contributed by atoms with Gasteiger partial charge in [0.2, 0.25) is 0 Å². The lowest BCUT2D eigenvalue weighted by molar-refractivity contribution is 0.638. The normalized spacial score (nSPS) is 19.1. The molecule has 0 unspecified atom stereocenters. The monoisotopic (exact) mass is 324 g/mol. The number of hydrogen-bond acceptors (Lipinski definition) is 3. The molecule has 2 rings (SSSR count). The van der Waals surface area contributed by atoms with Crippen LogP contribution in [-0.2, 0) is 0 Å². The first-order valence-electron chi connectivity index (χ1n) is 6.10. The van der Waals surface area contributed by atoms with E-state index in [2.05, 4.69) is 46.8 Å². The van der Waals surface area contributed by atoms with Crippen LogP contribution in [0.5, 0.6) is 0 Å². The highest BCUT2D eigenvalue weighted by atomic mass is 79.9. The molecule has 0 radical (unpaired) electrons. The molecule has 4 heteroatoms. The SMILES string of the molecule is CC1(C)CCN(c2ccc(C#N)c(Br)c2)CCS1. The summed E-state index contributed by atoms with van der Waals surface area (Å²) in [5, 5.41) is 8.94. The molecule has 0 amide bonds. The first-order valence-corrected chi connectivity index (χ1v) is 7.88. The molecule has 1 fully saturated rings. The molecule has 0 aromatic heterocycles. The van der Waals surface area contributed by atoms with Gasteiger partial charge in [-0.1, -0.05) is 13.8 Å². The van der Waals surface area contributed by atoms with Crippen LogP contribution < -0.4 is 4.90 Å². The van der Waals surface area contributed by atoms with Crippen molar-refractivity contribution in [3.8, 4) is 6.07 Å². The number of rotatable bonds is 1. The molecule has 0 N–H and O–H groups in total. The Kier molecular flexibility index (Phi) is 4.24. The third-order valence-corrected chi connectivity index (χ3v) is 5.30. The Balaban J connectivity index is 2.17. The van der Waals surface area contributed by atoms with E-state index in [1.54, 1.807) is 0 Å². The van der Waals surface area contributed by atoms with Gasteiger partial charge in [-0.2, -0.15) is 17.0 Å². The minimum Gasteiger partial charge on any atom is -0.371 e. The lowest BCUT2D eigenvalue weighted by Crippen LogP contribution is -2.26. The van der Waals surface area contributed by atoms with Gasteiger partial charge < -0.3 is 4.90 Å². The highest BCUT2D eigenvalue weighted by molar-refractivity contribution is 9.10. The fraction of sp³-hybridized carbons (Fsp3) is 0.500. The van der Waals surface area contributed by atoms with Gasteiger partial charge in [0.05, 0.1) is 5.56 Å². The Labute approximate surface area is 121 Å². The Morgan fingerprint density at radius 1 is 1.39 bits per heavy atom. The summed E-state index contributed by atoms with van der Waals surface area (Å²) in [7, 11) is 0. The van der Waals surface area contributed by atoms with Gasteiger partial charge >= 0.3 is 0 Å². The van der Waals surface area contributed by atoms with Crippen molar-refractivity contribution >= 4 is 33.4 Å². The minimum absolute atomic E-state index is 0.374. The molecule has 1 aliphatic heterocycles. The van der Waals surface area contributed by atoms with Crippen molar-refractivity contribution in [3.63, 3.8) is 0 Å². The summed E-state index contributed by atoms with van der Waals surface area (Å²) in [5.74, 6) is 1.16. The molecule has 1 heterocycles. The van der Waals surface area contributed by atoms with Crippen LogP contribution in [0, 0.1) is 11.3 Å². The summed E-state index contributed by atoms with van der Waals surface area (Å²) < 4.78 is 1.26. The Morgan fingerprint density at radius 2 is 2.17 bits per heavy atom. The van der Waals surface area contributed by atoms with Crippen LogP contribution in [0.1, 0.15) is 25.8 Å². The number of thioether (sulfide) groups is 1. The maximum atomic E-state index is 8.94. The van der Waals surface area contributed by atoms with E-state index in [9.17, 15) is 0 Å². The summed E-state index contributed by atoms with van der Waals surface area (Å²) in [6.45, 7) is 6.79. The second-order valence-corrected chi connectivity index (χ2v) is 7.78. The number of hydrogen-bond donors (Lipinski definition) is 0. The number of halogens is 1. The van der Waals surface area contributed by atoms with Crippen molar-refractivity contribution in [3.05, 3.63) is 28.2 Å². The lowest BCUT2D eigenvalue weighted by atomic mass is 10.1. The fourth-order valence-electron chi connectivity index (χ4n) is 2.07. The van der Waals surface area contributed by atoms with Crippen molar-refractivity contribution in [2.75, 3.05) is 23.7 Å². The maximum absolute atomic E-state index is 8.94. The minimum atomic E-state index is 0.374. The van der Waals surface area contributed by atoms with E-state index in [-0.39, 0.29) is 0 Å². The van der Waals surface area contributed by atoms with Crippen molar-refractivity contribution < 1.29 is 0 Å². The molecule has 0 bridgehead atoms. The van der Waals surface area contributed by atoms with Crippen LogP contribution in [0.25, 0.3) is 0 Å². The van der Waals surface area contributed by atoms with E-state index in [0.717, 1.165) is 23.3 Å². The topological polar surface area (TPSA) is 27.0 Å². The summed E-state index contributed by atoms with van der Waals surface area (Å²) >= 11 is 5.51. The van der Waals surface area contributed by atoms with E-state index in [4.69, 9.17) is 5.26 Å². The molecule has 0 atom stereocenters. The highest BCUT2D eigenvalue weighted by Gasteiger charge is 2.23. The zero-order chi connectivity index (χ0) is 13.2. The predicted molar refractivity (Wildman–Crippen MR) is 82.2 cm³/mol. The molecular weight excluding hydrogens is 308 g/mol. The molecule has 1 saturated heterocycles. The van der Waals surface area contributed by atoms with Crippen LogP contribution in [0.15, 0.2) is 22.7 Å². The summed E-state index contributed by atoms with van der Waals surface area (Å²) in [4.78, 5) is 2.41. The molecule has 0 saturated carbocycles. The van der Waals surface area contributed by atoms with Gasteiger partial charge in [-0.05, 0) is 40.5 Å². The molecule has 0 spiro atoms. The molecule has 1 aromatic rings. The second-order valence-electron chi connectivity index (χ2n) is 5.12. The van der Waals surface area contributed by atoms with Gasteiger partial charge in [0, 0.05) is 33.7 Å². The zero-order valence-electron chi connectivity index (χ0n) is 10.7. The quantitative estimate of drug-likeness (QED) is 0.780. The molecule has 0 aliphatic carbocycles. The summed E-state index contributed by atoms with van der Waals surface area (Å²) in [5.41, 5.74) is 1.91. The van der Waals surface area contributed by atoms with E-state index < -0.39 is 0 Å². The van der Waals surface area contributed by atoms with E-state index in [1.807, 2.05) is 23.9 Å². The lowest BCUT2D eigenvalue weighted by Gasteiger charge is -2.24. The molecule has 96 valence electrons. The third kappa shape index (κ3) is 3.21. The molecule has 1 aliphatic rings. The number of anilines is 1. The van der Waals surface area contributed by atoms with E-state index in [1.165, 1.54) is 12.1 Å². The summed E-state index contributed by atoms with van der Waals surface area (Å²) in [6, 6.07) is 8.18. The van der Waals surface area contributed by atoms with Gasteiger partial charge in [0.15, 0.2) is 0 Å². The maximum Gasteiger partial charge on any atom is 0.100 e. The van der Waals surface area contributed by atoms with E-state index in [0.29, 0.717) is 10.3 Å². The zero-order valence-corrected chi connectivity index (χ0v) is 13.1. The standard InChI is InChI=1S/C14H17BrN2S/c1-14(2)5-6-17(7-8-18-14)12-4-3-11(10-16)13(15)9-12/h3-4,9H,5-8H2,1-2H3. The average Bonchev–Trinajstić information content (AvgIpc) is 2.50. The number of benzene rings is 1. The predicted octanol–water partition coefficient (Wildman–Crippen LogP) is 4.04. The first-order chi connectivity index (χ1) is 8.52. The van der Waals surface area contributed by atoms with Crippen LogP contribution in [0.4, 0.5) is 5.69 Å². The van der Waals surface area contributed by atoms with Gasteiger partial charge in [-0.25, -0.2) is 0 Å². The van der Waals surface area contributed by atoms with Gasteiger partial charge in [-0.15, -0.1) is 0 Å². The third-order valence-electron chi connectivity index (χ3n) is 3.28. The van der Waals surface area contributed by atoms with Crippen LogP contribution in [0.2, 0.25) is 0 Å². The van der Waals surface area contributed by atoms with Crippen molar-refractivity contribution in [2.45, 2.75) is 25.0 Å². The number of nitriles is 1. The van der Waals surface area contributed by atoms with Crippen molar-refractivity contribution in [1.29, 1.82) is 5.26 Å². The van der Waals surface area contributed by atoms with Crippen molar-refractivity contribution in [1.82, 2.24) is 0 Å². The Morgan fingerprint density at radius 3 is 2.83 bits per heavy atom. The van der Waals surface area contributed by atoms with Crippen LogP contribution in [-0.4, -0.2) is 23.6 Å². The largest absolute Gasteiger partial charge is 0.371 e. The van der Waals surface area contributed by atoms with Gasteiger partial charge in [-0.3, -0.25) is 0 Å². The van der Waals surface area contributed by atoms with Gasteiger partial charge in [0.1, 0.15) is 6.07 Å². The number of nitrogens with zero attached hydrogens (tertiary/aromatic N) is 2. The van der Waals surface area contributed by atoms with Gasteiger partial charge in [0.25, 0.3) is 0 Å². The molecular formula is C14H17BrN2S. The van der Waals surface area contributed by atoms with Crippen LogP contribution >= 0.6 is 27.7 Å². The Hall–Kier alpha value is -0.660. The fourth-order valence-corrected chi connectivity index (χ4v) is 3.63. The van der Waals surface area contributed by atoms with Crippen molar-refractivity contribution in [2.24, 2.45) is 0 Å². The van der Waals surface area contributed by atoms with E-state index >= 15 is 0 Å². The Bertz CT molecular complexity index is 479. The molecule has 1 aromatic carbocycles. The first kappa shape index (κ1) is 13.8. The molecule has 18 heavy (non-hydrogen) atoms. The van der Waals surface area contributed by atoms with Crippen LogP contribution in [0.3, 0.4) is 0 Å². The highest BCUT2D eigenvalue weighted by Crippen LogP contribution is 2.33. The molecule has 2 nitrogen and oxygen atoms in total. The average molecular weight is 325 g/mol. The second kappa shape index (κ2) is 5.54.